The van der Waals surface area contributed by atoms with E-state index in [-0.39, 0.29) is 5.54 Å². The van der Waals surface area contributed by atoms with Gasteiger partial charge in [0.1, 0.15) is 0 Å². The summed E-state index contributed by atoms with van der Waals surface area (Å²) in [4.78, 5) is 4.48. The van der Waals surface area contributed by atoms with E-state index in [4.69, 9.17) is 4.52 Å². The van der Waals surface area contributed by atoms with Crippen LogP contribution in [0.1, 0.15) is 56.9 Å². The zero-order valence-electron chi connectivity index (χ0n) is 12.4. The van der Waals surface area contributed by atoms with Crippen LogP contribution in [-0.4, -0.2) is 20.2 Å². The fourth-order valence-electron chi connectivity index (χ4n) is 2.10. The molecule has 20 heavy (non-hydrogen) atoms. The third kappa shape index (κ3) is 3.28. The van der Waals surface area contributed by atoms with Gasteiger partial charge in [-0.05, 0) is 45.7 Å². The first-order valence-electron chi connectivity index (χ1n) is 7.23. The van der Waals surface area contributed by atoms with E-state index in [1.54, 1.807) is 0 Å². The summed E-state index contributed by atoms with van der Waals surface area (Å²) in [7, 11) is 0. The van der Waals surface area contributed by atoms with E-state index in [1.807, 2.05) is 0 Å². The fraction of sp³-hybridized carbons (Fsp3) is 0.600. The minimum atomic E-state index is 0.111. The van der Waals surface area contributed by atoms with Gasteiger partial charge in [-0.25, -0.2) is 0 Å². The average molecular weight is 274 g/mol. The Balaban J connectivity index is 1.66. The fourth-order valence-corrected chi connectivity index (χ4v) is 2.10. The van der Waals surface area contributed by atoms with Crippen LogP contribution >= 0.6 is 0 Å². The maximum Gasteiger partial charge on any atom is 0.229 e. The molecule has 1 aliphatic carbocycles. The molecule has 0 aliphatic heterocycles. The molecule has 2 aromatic heterocycles. The standard InChI is InChI=1S/C15H22N4O/c1-15(2,3)16-9-12-5-4-8-19(12)10-13-17-14(20-18-13)11-6-7-11/h4-5,8,11,16H,6-7,9-10H2,1-3H3. The topological polar surface area (TPSA) is 55.9 Å². The predicted octanol–water partition coefficient (Wildman–Crippen LogP) is 2.68. The lowest BCUT2D eigenvalue weighted by molar-refractivity contribution is 0.372. The van der Waals surface area contributed by atoms with Gasteiger partial charge in [0, 0.05) is 29.9 Å². The van der Waals surface area contributed by atoms with Gasteiger partial charge in [-0.1, -0.05) is 5.16 Å². The number of hydrogen-bond acceptors (Lipinski definition) is 4. The Hall–Kier alpha value is -1.62. The van der Waals surface area contributed by atoms with Crippen LogP contribution in [0, 0.1) is 0 Å². The number of nitrogens with zero attached hydrogens (tertiary/aromatic N) is 3. The van der Waals surface area contributed by atoms with E-state index in [0.717, 1.165) is 18.3 Å². The third-order valence-electron chi connectivity index (χ3n) is 3.45. The Morgan fingerprint density at radius 3 is 2.90 bits per heavy atom. The summed E-state index contributed by atoms with van der Waals surface area (Å²) in [6.45, 7) is 8.01. The minimum absolute atomic E-state index is 0.111. The molecule has 0 amide bonds. The molecule has 1 aliphatic rings. The Morgan fingerprint density at radius 1 is 1.40 bits per heavy atom. The molecule has 1 fully saturated rings. The summed E-state index contributed by atoms with van der Waals surface area (Å²) in [5, 5.41) is 7.57. The molecule has 5 nitrogen and oxygen atoms in total. The third-order valence-corrected chi connectivity index (χ3v) is 3.45. The van der Waals surface area contributed by atoms with Gasteiger partial charge in [-0.2, -0.15) is 4.98 Å². The number of nitrogens with one attached hydrogen (secondary N) is 1. The van der Waals surface area contributed by atoms with Gasteiger partial charge in [0.05, 0.1) is 6.54 Å². The smallest absolute Gasteiger partial charge is 0.229 e. The van der Waals surface area contributed by atoms with Crippen LogP contribution in [0.4, 0.5) is 0 Å². The summed E-state index contributed by atoms with van der Waals surface area (Å²) < 4.78 is 7.47. The van der Waals surface area contributed by atoms with Crippen molar-refractivity contribution in [2.24, 2.45) is 0 Å². The molecule has 3 rings (SSSR count). The highest BCUT2D eigenvalue weighted by Gasteiger charge is 2.29. The second-order valence-corrected chi connectivity index (χ2v) is 6.55. The van der Waals surface area contributed by atoms with Gasteiger partial charge >= 0.3 is 0 Å². The average Bonchev–Trinajstić information content (AvgIpc) is 2.96. The maximum atomic E-state index is 5.30. The van der Waals surface area contributed by atoms with E-state index in [9.17, 15) is 0 Å². The Kier molecular flexibility index (Phi) is 3.38. The van der Waals surface area contributed by atoms with E-state index >= 15 is 0 Å². The van der Waals surface area contributed by atoms with Crippen molar-refractivity contribution in [1.82, 2.24) is 20.0 Å². The number of hydrogen-bond donors (Lipinski definition) is 1. The minimum Gasteiger partial charge on any atom is -0.342 e. The van der Waals surface area contributed by atoms with Gasteiger partial charge < -0.3 is 14.4 Å². The molecule has 2 aromatic rings. The van der Waals surface area contributed by atoms with E-state index in [2.05, 4.69) is 59.1 Å². The molecule has 1 saturated carbocycles. The van der Waals surface area contributed by atoms with Crippen LogP contribution in [-0.2, 0) is 13.1 Å². The first-order valence-corrected chi connectivity index (χ1v) is 7.23. The summed E-state index contributed by atoms with van der Waals surface area (Å²) in [5.41, 5.74) is 1.35. The summed E-state index contributed by atoms with van der Waals surface area (Å²) >= 11 is 0. The van der Waals surface area contributed by atoms with Gasteiger partial charge in [0.15, 0.2) is 5.82 Å². The molecular formula is C15H22N4O. The first kappa shape index (κ1) is 13.4. The molecule has 2 heterocycles. The molecule has 0 saturated heterocycles. The van der Waals surface area contributed by atoms with Crippen LogP contribution in [0.25, 0.3) is 0 Å². The zero-order valence-corrected chi connectivity index (χ0v) is 12.4. The van der Waals surface area contributed by atoms with E-state index in [1.165, 1.54) is 18.5 Å². The maximum absolute atomic E-state index is 5.30. The van der Waals surface area contributed by atoms with Crippen molar-refractivity contribution in [1.29, 1.82) is 0 Å². The van der Waals surface area contributed by atoms with Crippen molar-refractivity contribution >= 4 is 0 Å². The zero-order chi connectivity index (χ0) is 14.2. The summed E-state index contributed by atoms with van der Waals surface area (Å²) in [5.74, 6) is 2.09. The Labute approximate surface area is 119 Å². The molecule has 1 N–H and O–H groups in total. The summed E-state index contributed by atoms with van der Waals surface area (Å²) in [6, 6.07) is 4.18. The molecule has 0 unspecified atom stereocenters. The number of rotatable bonds is 5. The molecule has 108 valence electrons. The molecule has 0 radical (unpaired) electrons. The van der Waals surface area contributed by atoms with Crippen LogP contribution < -0.4 is 5.32 Å². The van der Waals surface area contributed by atoms with Crippen LogP contribution in [0.15, 0.2) is 22.9 Å². The quantitative estimate of drug-likeness (QED) is 0.910. The predicted molar refractivity (Wildman–Crippen MR) is 76.4 cm³/mol. The van der Waals surface area contributed by atoms with Gasteiger partial charge in [-0.15, -0.1) is 0 Å². The highest BCUT2D eigenvalue weighted by Crippen LogP contribution is 2.38. The molecule has 0 bridgehead atoms. The molecule has 0 atom stereocenters. The molecule has 0 spiro atoms. The van der Waals surface area contributed by atoms with Crippen LogP contribution in [0.2, 0.25) is 0 Å². The highest BCUT2D eigenvalue weighted by atomic mass is 16.5. The number of aromatic nitrogens is 3. The molecular weight excluding hydrogens is 252 g/mol. The van der Waals surface area contributed by atoms with E-state index in [0.29, 0.717) is 12.5 Å². The second kappa shape index (κ2) is 5.05. The molecule has 5 heteroatoms. The lowest BCUT2D eigenvalue weighted by atomic mass is 10.1. The molecule has 0 aromatic carbocycles. The van der Waals surface area contributed by atoms with Crippen LogP contribution in [0.5, 0.6) is 0 Å². The van der Waals surface area contributed by atoms with Crippen LogP contribution in [0.3, 0.4) is 0 Å². The lowest BCUT2D eigenvalue weighted by Crippen LogP contribution is -2.35. The van der Waals surface area contributed by atoms with Crippen molar-refractivity contribution in [3.8, 4) is 0 Å². The Bertz CT molecular complexity index is 575. The monoisotopic (exact) mass is 274 g/mol. The van der Waals surface area contributed by atoms with Gasteiger partial charge in [-0.3, -0.25) is 0 Å². The highest BCUT2D eigenvalue weighted by molar-refractivity contribution is 5.10. The van der Waals surface area contributed by atoms with E-state index < -0.39 is 0 Å². The van der Waals surface area contributed by atoms with Gasteiger partial charge in [0.2, 0.25) is 5.89 Å². The Morgan fingerprint density at radius 2 is 2.20 bits per heavy atom. The van der Waals surface area contributed by atoms with Crippen molar-refractivity contribution in [2.45, 2.75) is 58.2 Å². The SMILES string of the molecule is CC(C)(C)NCc1cccn1Cc1noc(C2CC2)n1. The van der Waals surface area contributed by atoms with Crippen molar-refractivity contribution in [3.63, 3.8) is 0 Å². The van der Waals surface area contributed by atoms with Crippen molar-refractivity contribution in [2.75, 3.05) is 0 Å². The summed E-state index contributed by atoms with van der Waals surface area (Å²) in [6.07, 6.45) is 4.44. The van der Waals surface area contributed by atoms with Gasteiger partial charge in [0.25, 0.3) is 0 Å². The first-order chi connectivity index (χ1) is 9.51. The van der Waals surface area contributed by atoms with Crippen molar-refractivity contribution in [3.05, 3.63) is 35.7 Å². The largest absolute Gasteiger partial charge is 0.342 e. The second-order valence-electron chi connectivity index (χ2n) is 6.55. The lowest BCUT2D eigenvalue weighted by Gasteiger charge is -2.21. The van der Waals surface area contributed by atoms with Crippen molar-refractivity contribution < 1.29 is 4.52 Å². The normalized spacial score (nSPS) is 15.8.